The van der Waals surface area contributed by atoms with Gasteiger partial charge in [0.05, 0.1) is 12.7 Å². The van der Waals surface area contributed by atoms with E-state index in [1.54, 1.807) is 17.9 Å². The van der Waals surface area contributed by atoms with Crippen LogP contribution in [0.25, 0.3) is 0 Å². The molecule has 2 rings (SSSR count). The average Bonchev–Trinajstić information content (AvgIpc) is 2.68. The van der Waals surface area contributed by atoms with Gasteiger partial charge in [0.25, 0.3) is 0 Å². The molecule has 1 aromatic carbocycles. The summed E-state index contributed by atoms with van der Waals surface area (Å²) in [6, 6.07) is 2.88. The van der Waals surface area contributed by atoms with Crippen LogP contribution in [0.4, 0.5) is 14.9 Å². The van der Waals surface area contributed by atoms with Crippen LogP contribution in [0, 0.1) is 24.6 Å². The number of carbonyl (C=O) groups excluding carboxylic acids is 2. The van der Waals surface area contributed by atoms with E-state index in [0.29, 0.717) is 36.2 Å². The minimum atomic E-state index is -0.568. The van der Waals surface area contributed by atoms with Gasteiger partial charge in [-0.25, -0.2) is 14.0 Å². The van der Waals surface area contributed by atoms with Crippen molar-refractivity contribution in [1.29, 1.82) is 0 Å². The number of anilines is 1. The number of ether oxygens (including phenoxy) is 2. The number of piperidine rings is 1. The van der Waals surface area contributed by atoms with Crippen LogP contribution >= 0.6 is 0 Å². The Kier molecular flexibility index (Phi) is 7.72. The van der Waals surface area contributed by atoms with Crippen LogP contribution in [0.15, 0.2) is 12.1 Å². The number of halogens is 1. The molecule has 0 aliphatic carbocycles. The second-order valence-electron chi connectivity index (χ2n) is 9.10. The molecule has 0 bridgehead atoms. The topological polar surface area (TPSA) is 67.9 Å². The van der Waals surface area contributed by atoms with E-state index in [4.69, 9.17) is 9.47 Å². The summed E-state index contributed by atoms with van der Waals surface area (Å²) in [7, 11) is 1.28. The monoisotopic (exact) mass is 422 g/mol. The molecular weight excluding hydrogens is 387 g/mol. The van der Waals surface area contributed by atoms with E-state index >= 15 is 0 Å². The molecule has 0 spiro atoms. The number of benzene rings is 1. The Bertz CT molecular complexity index is 775. The zero-order valence-corrected chi connectivity index (χ0v) is 19.2. The van der Waals surface area contributed by atoms with Crippen LogP contribution in [-0.2, 0) is 9.47 Å². The van der Waals surface area contributed by atoms with Crippen molar-refractivity contribution in [3.05, 3.63) is 29.1 Å². The third kappa shape index (κ3) is 5.86. The van der Waals surface area contributed by atoms with E-state index in [2.05, 4.69) is 19.2 Å². The predicted molar refractivity (Wildman–Crippen MR) is 115 cm³/mol. The van der Waals surface area contributed by atoms with E-state index in [9.17, 15) is 14.0 Å². The van der Waals surface area contributed by atoms with Crippen LogP contribution in [-0.4, -0.2) is 48.8 Å². The summed E-state index contributed by atoms with van der Waals surface area (Å²) in [6.45, 7) is 12.7. The molecule has 7 heteroatoms. The number of rotatable bonds is 5. The summed E-state index contributed by atoms with van der Waals surface area (Å²) < 4.78 is 24.6. The Morgan fingerprint density at radius 2 is 2.00 bits per heavy atom. The number of esters is 1. The Labute approximate surface area is 179 Å². The van der Waals surface area contributed by atoms with Crippen molar-refractivity contribution in [2.45, 2.75) is 66.0 Å². The minimum absolute atomic E-state index is 0.0433. The molecule has 1 aromatic rings. The smallest absolute Gasteiger partial charge is 0.410 e. The maximum atomic E-state index is 14.3. The lowest BCUT2D eigenvalue weighted by Crippen LogP contribution is -2.49. The van der Waals surface area contributed by atoms with Gasteiger partial charge in [0.1, 0.15) is 11.4 Å². The number of hydrogen-bond acceptors (Lipinski definition) is 5. The first-order valence-corrected chi connectivity index (χ1v) is 10.6. The number of nitrogens with zero attached hydrogens (tertiary/aromatic N) is 1. The first-order chi connectivity index (χ1) is 14.0. The zero-order valence-electron chi connectivity index (χ0n) is 19.2. The van der Waals surface area contributed by atoms with E-state index in [-0.39, 0.29) is 17.7 Å². The Morgan fingerprint density at radius 1 is 1.33 bits per heavy atom. The molecule has 0 saturated carbocycles. The van der Waals surface area contributed by atoms with Gasteiger partial charge >= 0.3 is 12.1 Å². The Morgan fingerprint density at radius 3 is 2.57 bits per heavy atom. The lowest BCUT2D eigenvalue weighted by Gasteiger charge is -2.41. The standard InChI is InChI=1S/C23H35FN2O4/c1-8-16-13-26(22(28)30-23(4,5)6)10-9-18(16)15(3)25-20-12-17(21(27)29-7)11-19(24)14(20)2/h11-12,15-16,18,25H,8-10,13H2,1-7H3/t15-,16+,18+/m0/s1. The van der Waals surface area contributed by atoms with E-state index in [1.807, 2.05) is 20.8 Å². The molecule has 1 heterocycles. The molecule has 0 radical (unpaired) electrons. The third-order valence-electron chi connectivity index (χ3n) is 5.76. The van der Waals surface area contributed by atoms with Crippen LogP contribution in [0.1, 0.15) is 63.4 Å². The maximum Gasteiger partial charge on any atom is 0.410 e. The normalized spacial score (nSPS) is 20.5. The molecule has 0 aromatic heterocycles. The highest BCUT2D eigenvalue weighted by Gasteiger charge is 2.35. The summed E-state index contributed by atoms with van der Waals surface area (Å²) in [5.74, 6) is -0.415. The second-order valence-corrected chi connectivity index (χ2v) is 9.10. The Balaban J connectivity index is 2.12. The average molecular weight is 423 g/mol. The first-order valence-electron chi connectivity index (χ1n) is 10.6. The molecule has 1 saturated heterocycles. The summed E-state index contributed by atoms with van der Waals surface area (Å²) in [4.78, 5) is 26.1. The molecule has 0 unspecified atom stereocenters. The van der Waals surface area contributed by atoms with Crippen molar-refractivity contribution in [3.63, 3.8) is 0 Å². The van der Waals surface area contributed by atoms with Crippen molar-refractivity contribution in [1.82, 2.24) is 4.90 Å². The summed E-state index contributed by atoms with van der Waals surface area (Å²) >= 11 is 0. The molecule has 6 nitrogen and oxygen atoms in total. The fourth-order valence-electron chi connectivity index (χ4n) is 4.05. The van der Waals surface area contributed by atoms with Gasteiger partial charge in [0, 0.05) is 30.4 Å². The quantitative estimate of drug-likeness (QED) is 0.676. The molecule has 30 heavy (non-hydrogen) atoms. The Hall–Kier alpha value is -2.31. The van der Waals surface area contributed by atoms with E-state index < -0.39 is 17.4 Å². The van der Waals surface area contributed by atoms with Gasteiger partial charge in [-0.15, -0.1) is 0 Å². The van der Waals surface area contributed by atoms with Crippen LogP contribution in [0.3, 0.4) is 0 Å². The molecule has 1 amide bonds. The lowest BCUT2D eigenvalue weighted by atomic mass is 9.79. The fourth-order valence-corrected chi connectivity index (χ4v) is 4.05. The van der Waals surface area contributed by atoms with Gasteiger partial charge in [-0.3, -0.25) is 0 Å². The first kappa shape index (κ1) is 24.0. The molecule has 1 aliphatic heterocycles. The summed E-state index contributed by atoms with van der Waals surface area (Å²) in [5.41, 5.74) is 0.722. The van der Waals surface area contributed by atoms with Crippen molar-refractivity contribution in [2.24, 2.45) is 11.8 Å². The number of nitrogens with one attached hydrogen (secondary N) is 1. The highest BCUT2D eigenvalue weighted by molar-refractivity contribution is 5.90. The molecule has 1 fully saturated rings. The van der Waals surface area contributed by atoms with Crippen LogP contribution in [0.2, 0.25) is 0 Å². The van der Waals surface area contributed by atoms with Crippen LogP contribution < -0.4 is 5.32 Å². The number of amides is 1. The molecule has 1 aliphatic rings. The highest BCUT2D eigenvalue weighted by Crippen LogP contribution is 2.32. The van der Waals surface area contributed by atoms with Crippen molar-refractivity contribution < 1.29 is 23.5 Å². The van der Waals surface area contributed by atoms with Crippen molar-refractivity contribution in [3.8, 4) is 0 Å². The predicted octanol–water partition coefficient (Wildman–Crippen LogP) is 5.00. The third-order valence-corrected chi connectivity index (χ3v) is 5.76. The number of likely N-dealkylation sites (tertiary alicyclic amines) is 1. The molecular formula is C23H35FN2O4. The SMILES string of the molecule is CC[C@@H]1CN(C(=O)OC(C)(C)C)CC[C@@H]1[C@H](C)Nc1cc(C(=O)OC)cc(F)c1C. The lowest BCUT2D eigenvalue weighted by molar-refractivity contribution is 0.00874. The minimum Gasteiger partial charge on any atom is -0.465 e. The maximum absolute atomic E-state index is 14.3. The van der Waals surface area contributed by atoms with Crippen LogP contribution in [0.5, 0.6) is 0 Å². The second kappa shape index (κ2) is 9.67. The van der Waals surface area contributed by atoms with Gasteiger partial charge in [-0.2, -0.15) is 0 Å². The van der Waals surface area contributed by atoms with E-state index in [0.717, 1.165) is 12.8 Å². The van der Waals surface area contributed by atoms with Crippen molar-refractivity contribution in [2.75, 3.05) is 25.5 Å². The van der Waals surface area contributed by atoms with Gasteiger partial charge < -0.3 is 19.7 Å². The van der Waals surface area contributed by atoms with Gasteiger partial charge in [-0.1, -0.05) is 13.3 Å². The van der Waals surface area contributed by atoms with Gasteiger partial charge in [-0.05, 0) is 65.0 Å². The molecule has 3 atom stereocenters. The van der Waals surface area contributed by atoms with Gasteiger partial charge in [0.15, 0.2) is 0 Å². The van der Waals surface area contributed by atoms with Crippen molar-refractivity contribution >= 4 is 17.7 Å². The fraction of sp³-hybridized carbons (Fsp3) is 0.652. The number of hydrogen-bond donors (Lipinski definition) is 1. The molecule has 168 valence electrons. The summed E-state index contributed by atoms with van der Waals surface area (Å²) in [6.07, 6.45) is 1.47. The number of carbonyl (C=O) groups is 2. The summed E-state index contributed by atoms with van der Waals surface area (Å²) in [5, 5.41) is 3.40. The van der Waals surface area contributed by atoms with E-state index in [1.165, 1.54) is 13.2 Å². The number of methoxy groups -OCH3 is 1. The largest absolute Gasteiger partial charge is 0.465 e. The zero-order chi connectivity index (χ0) is 22.6. The molecule has 1 N–H and O–H groups in total. The highest BCUT2D eigenvalue weighted by atomic mass is 19.1. The van der Waals surface area contributed by atoms with Gasteiger partial charge in [0.2, 0.25) is 0 Å².